The maximum absolute atomic E-state index is 10.0. The van der Waals surface area contributed by atoms with Gasteiger partial charge >= 0.3 is 0 Å². The Morgan fingerprint density at radius 3 is 3.04 bits per heavy atom. The van der Waals surface area contributed by atoms with Crippen LogP contribution in [0, 0.1) is 0 Å². The highest BCUT2D eigenvalue weighted by molar-refractivity contribution is 5.29. The standard InChI is InChI=1S/C17H24N4O3/c22-15(12-23-13-16-5-2-9-24-16)10-20-14-4-1-8-21(11-14)17-18-6-3-7-19-17/h2-3,5-7,9,14-15,20,22H,1,4,8,10-13H2. The zero-order valence-corrected chi connectivity index (χ0v) is 13.7. The summed E-state index contributed by atoms with van der Waals surface area (Å²) in [5.41, 5.74) is 0. The van der Waals surface area contributed by atoms with Gasteiger partial charge in [0.15, 0.2) is 0 Å². The SMILES string of the molecule is OC(CNC1CCCN(c2ncccn2)C1)COCc1ccco1. The first kappa shape index (κ1) is 16.9. The molecule has 1 saturated heterocycles. The second kappa shape index (κ2) is 8.77. The quantitative estimate of drug-likeness (QED) is 0.751. The average molecular weight is 332 g/mol. The summed E-state index contributed by atoms with van der Waals surface area (Å²) in [5.74, 6) is 1.53. The van der Waals surface area contributed by atoms with Crippen LogP contribution in [0.15, 0.2) is 41.3 Å². The molecule has 2 N–H and O–H groups in total. The summed E-state index contributed by atoms with van der Waals surface area (Å²) in [6.45, 7) is 2.99. The lowest BCUT2D eigenvalue weighted by atomic mass is 10.1. The summed E-state index contributed by atoms with van der Waals surface area (Å²) in [5, 5.41) is 13.4. The number of piperidine rings is 1. The number of hydrogen-bond acceptors (Lipinski definition) is 7. The van der Waals surface area contributed by atoms with Crippen molar-refractivity contribution in [1.29, 1.82) is 0 Å². The van der Waals surface area contributed by atoms with E-state index >= 15 is 0 Å². The second-order valence-corrected chi connectivity index (χ2v) is 5.99. The fourth-order valence-electron chi connectivity index (χ4n) is 2.83. The van der Waals surface area contributed by atoms with E-state index in [1.807, 2.05) is 18.2 Å². The minimum atomic E-state index is -0.539. The molecule has 24 heavy (non-hydrogen) atoms. The molecule has 7 nitrogen and oxygen atoms in total. The van der Waals surface area contributed by atoms with Crippen molar-refractivity contribution in [3.8, 4) is 0 Å². The number of anilines is 1. The van der Waals surface area contributed by atoms with Crippen molar-refractivity contribution in [1.82, 2.24) is 15.3 Å². The number of ether oxygens (including phenoxy) is 1. The van der Waals surface area contributed by atoms with Crippen molar-refractivity contribution in [2.24, 2.45) is 0 Å². The van der Waals surface area contributed by atoms with Crippen LogP contribution in [-0.4, -0.2) is 53.5 Å². The van der Waals surface area contributed by atoms with E-state index < -0.39 is 6.10 Å². The normalized spacial score (nSPS) is 19.4. The summed E-state index contributed by atoms with van der Waals surface area (Å²) in [6, 6.07) is 5.82. The van der Waals surface area contributed by atoms with Gasteiger partial charge in [-0.2, -0.15) is 0 Å². The van der Waals surface area contributed by atoms with Gasteiger partial charge in [0, 0.05) is 38.1 Å². The Labute approximate surface area is 141 Å². The van der Waals surface area contributed by atoms with Gasteiger partial charge in [0.05, 0.1) is 19.0 Å². The Kier molecular flexibility index (Phi) is 6.17. The molecule has 1 aliphatic heterocycles. The van der Waals surface area contributed by atoms with Crippen LogP contribution < -0.4 is 10.2 Å². The van der Waals surface area contributed by atoms with Gasteiger partial charge in [0.25, 0.3) is 0 Å². The maximum atomic E-state index is 10.0. The largest absolute Gasteiger partial charge is 0.467 e. The summed E-state index contributed by atoms with van der Waals surface area (Å²) >= 11 is 0. The zero-order chi connectivity index (χ0) is 16.6. The zero-order valence-electron chi connectivity index (χ0n) is 13.7. The Balaban J connectivity index is 1.36. The molecule has 0 bridgehead atoms. The van der Waals surface area contributed by atoms with E-state index in [9.17, 15) is 5.11 Å². The lowest BCUT2D eigenvalue weighted by Crippen LogP contribution is -2.48. The number of nitrogens with zero attached hydrogens (tertiary/aromatic N) is 3. The van der Waals surface area contributed by atoms with Gasteiger partial charge in [-0.15, -0.1) is 0 Å². The van der Waals surface area contributed by atoms with Gasteiger partial charge in [0.1, 0.15) is 12.4 Å². The van der Waals surface area contributed by atoms with Crippen molar-refractivity contribution in [2.45, 2.75) is 31.6 Å². The molecule has 0 spiro atoms. The van der Waals surface area contributed by atoms with Crippen LogP contribution >= 0.6 is 0 Å². The number of rotatable bonds is 8. The van der Waals surface area contributed by atoms with E-state index in [4.69, 9.17) is 9.15 Å². The number of aromatic nitrogens is 2. The molecule has 2 aromatic heterocycles. The van der Waals surface area contributed by atoms with Gasteiger partial charge in [-0.1, -0.05) is 0 Å². The van der Waals surface area contributed by atoms with Gasteiger partial charge < -0.3 is 24.5 Å². The van der Waals surface area contributed by atoms with Crippen LogP contribution in [0.5, 0.6) is 0 Å². The lowest BCUT2D eigenvalue weighted by molar-refractivity contribution is 0.0213. The molecule has 3 heterocycles. The average Bonchev–Trinajstić information content (AvgIpc) is 3.14. The van der Waals surface area contributed by atoms with Gasteiger partial charge in [-0.25, -0.2) is 9.97 Å². The first-order chi connectivity index (χ1) is 11.8. The maximum Gasteiger partial charge on any atom is 0.225 e. The molecule has 1 aliphatic rings. The first-order valence-corrected chi connectivity index (χ1v) is 8.35. The van der Waals surface area contributed by atoms with E-state index in [0.29, 0.717) is 19.2 Å². The predicted molar refractivity (Wildman–Crippen MR) is 89.6 cm³/mol. The monoisotopic (exact) mass is 332 g/mol. The van der Waals surface area contributed by atoms with Gasteiger partial charge in [-0.3, -0.25) is 0 Å². The highest BCUT2D eigenvalue weighted by Gasteiger charge is 2.21. The number of furan rings is 1. The topological polar surface area (TPSA) is 83.7 Å². The molecule has 2 unspecified atom stereocenters. The summed E-state index contributed by atoms with van der Waals surface area (Å²) in [4.78, 5) is 10.8. The molecular formula is C17H24N4O3. The van der Waals surface area contributed by atoms with E-state index in [1.54, 1.807) is 18.7 Å². The second-order valence-electron chi connectivity index (χ2n) is 5.99. The molecule has 3 rings (SSSR count). The Morgan fingerprint density at radius 2 is 2.25 bits per heavy atom. The molecule has 1 fully saturated rings. The summed E-state index contributed by atoms with van der Waals surface area (Å²) in [6.07, 6.45) is 6.77. The Morgan fingerprint density at radius 1 is 1.38 bits per heavy atom. The lowest BCUT2D eigenvalue weighted by Gasteiger charge is -2.33. The van der Waals surface area contributed by atoms with Crippen molar-refractivity contribution in [2.75, 3.05) is 31.1 Å². The van der Waals surface area contributed by atoms with E-state index in [-0.39, 0.29) is 6.61 Å². The highest BCUT2D eigenvalue weighted by atomic mass is 16.5. The van der Waals surface area contributed by atoms with Crippen molar-refractivity contribution in [3.63, 3.8) is 0 Å². The fraction of sp³-hybridized carbons (Fsp3) is 0.529. The fourth-order valence-corrected chi connectivity index (χ4v) is 2.83. The Hall–Kier alpha value is -1.96. The molecule has 130 valence electrons. The third kappa shape index (κ3) is 5.02. The predicted octanol–water partition coefficient (Wildman–Crippen LogP) is 1.21. The minimum Gasteiger partial charge on any atom is -0.467 e. The van der Waals surface area contributed by atoms with Gasteiger partial charge in [-0.05, 0) is 31.0 Å². The van der Waals surface area contributed by atoms with E-state index in [2.05, 4.69) is 20.2 Å². The van der Waals surface area contributed by atoms with Crippen molar-refractivity contribution < 1.29 is 14.3 Å². The van der Waals surface area contributed by atoms with E-state index in [1.165, 1.54) is 0 Å². The number of aliphatic hydroxyl groups excluding tert-OH is 1. The highest BCUT2D eigenvalue weighted by Crippen LogP contribution is 2.15. The van der Waals surface area contributed by atoms with Crippen LogP contribution in [-0.2, 0) is 11.3 Å². The molecule has 2 aromatic rings. The molecule has 0 aliphatic carbocycles. The number of nitrogens with one attached hydrogen (secondary N) is 1. The molecule has 2 atom stereocenters. The van der Waals surface area contributed by atoms with Gasteiger partial charge in [0.2, 0.25) is 5.95 Å². The van der Waals surface area contributed by atoms with Crippen LogP contribution in [0.2, 0.25) is 0 Å². The Bertz CT molecular complexity index is 579. The third-order valence-electron chi connectivity index (χ3n) is 4.03. The van der Waals surface area contributed by atoms with Crippen molar-refractivity contribution >= 4 is 5.95 Å². The number of aliphatic hydroxyl groups is 1. The summed E-state index contributed by atoms with van der Waals surface area (Å²) < 4.78 is 10.6. The molecule has 0 amide bonds. The summed E-state index contributed by atoms with van der Waals surface area (Å²) in [7, 11) is 0. The molecule has 7 heteroatoms. The third-order valence-corrected chi connectivity index (χ3v) is 4.03. The van der Waals surface area contributed by atoms with Crippen LogP contribution in [0.1, 0.15) is 18.6 Å². The molecular weight excluding hydrogens is 308 g/mol. The molecule has 0 radical (unpaired) electrons. The van der Waals surface area contributed by atoms with Crippen LogP contribution in [0.25, 0.3) is 0 Å². The first-order valence-electron chi connectivity index (χ1n) is 8.35. The smallest absolute Gasteiger partial charge is 0.225 e. The minimum absolute atomic E-state index is 0.284. The van der Waals surface area contributed by atoms with E-state index in [0.717, 1.165) is 37.6 Å². The molecule has 0 saturated carbocycles. The molecule has 0 aromatic carbocycles. The van der Waals surface area contributed by atoms with Crippen LogP contribution in [0.3, 0.4) is 0 Å². The number of hydrogen-bond donors (Lipinski definition) is 2. The van der Waals surface area contributed by atoms with Crippen LogP contribution in [0.4, 0.5) is 5.95 Å². The van der Waals surface area contributed by atoms with Crippen molar-refractivity contribution in [3.05, 3.63) is 42.6 Å².